The summed E-state index contributed by atoms with van der Waals surface area (Å²) in [7, 11) is 1.82. The van der Waals surface area contributed by atoms with Gasteiger partial charge in [0.15, 0.2) is 0 Å². The van der Waals surface area contributed by atoms with Crippen LogP contribution in [0.15, 0.2) is 12.3 Å². The lowest BCUT2D eigenvalue weighted by molar-refractivity contribution is 0.0741. The molecule has 0 aromatic carbocycles. The molecule has 20 heavy (non-hydrogen) atoms. The summed E-state index contributed by atoms with van der Waals surface area (Å²) in [5.41, 5.74) is 0.496. The SMILES string of the molecule is CCNc1cc(C(=O)N(C)C(C)CCSC)c(Cl)cn1. The van der Waals surface area contributed by atoms with Crippen LogP contribution in [0, 0.1) is 0 Å². The number of carbonyl (C=O) groups excluding carboxylic acids is 1. The summed E-state index contributed by atoms with van der Waals surface area (Å²) in [6.45, 7) is 4.78. The second kappa shape index (κ2) is 8.37. The molecule has 0 saturated carbocycles. The lowest BCUT2D eigenvalue weighted by Crippen LogP contribution is -2.35. The van der Waals surface area contributed by atoms with Crippen LogP contribution in [0.4, 0.5) is 5.82 Å². The lowest BCUT2D eigenvalue weighted by Gasteiger charge is -2.25. The Kier molecular flexibility index (Phi) is 7.16. The summed E-state index contributed by atoms with van der Waals surface area (Å²) >= 11 is 7.89. The minimum Gasteiger partial charge on any atom is -0.370 e. The van der Waals surface area contributed by atoms with Crippen molar-refractivity contribution in [1.82, 2.24) is 9.88 Å². The fourth-order valence-corrected chi connectivity index (χ4v) is 2.51. The second-order valence-corrected chi connectivity index (χ2v) is 6.02. The standard InChI is InChI=1S/C14H22ClN3OS/c1-5-16-13-8-11(12(15)9-17-13)14(19)18(3)10(2)6-7-20-4/h8-10H,5-7H2,1-4H3,(H,16,17). The predicted octanol–water partition coefficient (Wildman–Crippen LogP) is 3.38. The van der Waals surface area contributed by atoms with Crippen LogP contribution in [0.2, 0.25) is 5.02 Å². The number of nitrogens with one attached hydrogen (secondary N) is 1. The van der Waals surface area contributed by atoms with Crippen LogP contribution < -0.4 is 5.32 Å². The number of aromatic nitrogens is 1. The van der Waals surface area contributed by atoms with Gasteiger partial charge in [-0.15, -0.1) is 0 Å². The third kappa shape index (κ3) is 4.56. The Morgan fingerprint density at radius 3 is 2.90 bits per heavy atom. The predicted molar refractivity (Wildman–Crippen MR) is 88.0 cm³/mol. The number of hydrogen-bond donors (Lipinski definition) is 1. The Balaban J connectivity index is 2.87. The third-order valence-corrected chi connectivity index (χ3v) is 4.11. The zero-order valence-electron chi connectivity index (χ0n) is 12.4. The van der Waals surface area contributed by atoms with Gasteiger partial charge in [-0.25, -0.2) is 4.98 Å². The maximum absolute atomic E-state index is 12.5. The van der Waals surface area contributed by atoms with Gasteiger partial charge in [-0.1, -0.05) is 11.6 Å². The number of pyridine rings is 1. The van der Waals surface area contributed by atoms with Gasteiger partial charge < -0.3 is 10.2 Å². The molecule has 1 aromatic rings. The maximum atomic E-state index is 12.5. The minimum atomic E-state index is -0.0647. The Hall–Kier alpha value is -0.940. The molecule has 1 heterocycles. The molecule has 1 amide bonds. The molecule has 6 heteroatoms. The Morgan fingerprint density at radius 2 is 2.30 bits per heavy atom. The van der Waals surface area contributed by atoms with Crippen LogP contribution in [-0.4, -0.2) is 47.4 Å². The van der Waals surface area contributed by atoms with E-state index in [0.29, 0.717) is 16.4 Å². The van der Waals surface area contributed by atoms with E-state index in [1.807, 2.05) is 14.0 Å². The quantitative estimate of drug-likeness (QED) is 0.838. The molecule has 0 aliphatic rings. The lowest BCUT2D eigenvalue weighted by atomic mass is 10.1. The molecule has 1 N–H and O–H groups in total. The highest BCUT2D eigenvalue weighted by Gasteiger charge is 2.20. The largest absolute Gasteiger partial charge is 0.370 e. The van der Waals surface area contributed by atoms with Crippen molar-refractivity contribution >= 4 is 35.1 Å². The number of rotatable bonds is 7. The smallest absolute Gasteiger partial charge is 0.255 e. The van der Waals surface area contributed by atoms with E-state index >= 15 is 0 Å². The average molecular weight is 316 g/mol. The number of thioether (sulfide) groups is 1. The minimum absolute atomic E-state index is 0.0647. The fraction of sp³-hybridized carbons (Fsp3) is 0.571. The highest BCUT2D eigenvalue weighted by molar-refractivity contribution is 7.98. The molecular weight excluding hydrogens is 294 g/mol. The van der Waals surface area contributed by atoms with E-state index in [4.69, 9.17) is 11.6 Å². The number of nitrogens with zero attached hydrogens (tertiary/aromatic N) is 2. The molecule has 0 saturated heterocycles. The van der Waals surface area contributed by atoms with Crippen molar-refractivity contribution < 1.29 is 4.79 Å². The van der Waals surface area contributed by atoms with Gasteiger partial charge >= 0.3 is 0 Å². The van der Waals surface area contributed by atoms with E-state index in [9.17, 15) is 4.79 Å². The second-order valence-electron chi connectivity index (χ2n) is 4.63. The Labute approximate surface area is 130 Å². The van der Waals surface area contributed by atoms with Crippen molar-refractivity contribution in [3.05, 3.63) is 22.8 Å². The molecule has 1 atom stereocenters. The average Bonchev–Trinajstić information content (AvgIpc) is 2.45. The maximum Gasteiger partial charge on any atom is 0.255 e. The summed E-state index contributed by atoms with van der Waals surface area (Å²) in [6.07, 6.45) is 4.55. The van der Waals surface area contributed by atoms with Crippen LogP contribution in [0.3, 0.4) is 0 Å². The van der Waals surface area contributed by atoms with Crippen molar-refractivity contribution in [2.45, 2.75) is 26.3 Å². The van der Waals surface area contributed by atoms with Crippen LogP contribution in [0.5, 0.6) is 0 Å². The van der Waals surface area contributed by atoms with Crippen LogP contribution in [0.1, 0.15) is 30.6 Å². The van der Waals surface area contributed by atoms with Crippen LogP contribution >= 0.6 is 23.4 Å². The van der Waals surface area contributed by atoms with Gasteiger partial charge in [0.2, 0.25) is 0 Å². The zero-order valence-corrected chi connectivity index (χ0v) is 14.0. The molecular formula is C14H22ClN3OS. The molecule has 1 unspecified atom stereocenters. The van der Waals surface area contributed by atoms with Gasteiger partial charge in [0.25, 0.3) is 5.91 Å². The van der Waals surface area contributed by atoms with Crippen LogP contribution in [-0.2, 0) is 0 Å². The number of carbonyl (C=O) groups is 1. The summed E-state index contributed by atoms with van der Waals surface area (Å²) < 4.78 is 0. The first kappa shape index (κ1) is 17.1. The van der Waals surface area contributed by atoms with Crippen molar-refractivity contribution in [2.75, 3.05) is 30.9 Å². The molecule has 0 aliphatic heterocycles. The molecule has 0 fully saturated rings. The number of anilines is 1. The first-order chi connectivity index (χ1) is 9.51. The van der Waals surface area contributed by atoms with Gasteiger partial charge in [-0.05, 0) is 38.3 Å². The third-order valence-electron chi connectivity index (χ3n) is 3.16. The van der Waals surface area contributed by atoms with Crippen molar-refractivity contribution in [1.29, 1.82) is 0 Å². The van der Waals surface area contributed by atoms with E-state index in [0.717, 1.165) is 18.7 Å². The summed E-state index contributed by atoms with van der Waals surface area (Å²) in [5.74, 6) is 1.64. The number of halogens is 1. The molecule has 112 valence electrons. The summed E-state index contributed by atoms with van der Waals surface area (Å²) in [6, 6.07) is 1.90. The van der Waals surface area contributed by atoms with Gasteiger partial charge in [0, 0.05) is 25.8 Å². The molecule has 0 aliphatic carbocycles. The first-order valence-corrected chi connectivity index (χ1v) is 8.43. The highest BCUT2D eigenvalue weighted by atomic mass is 35.5. The number of amides is 1. The first-order valence-electron chi connectivity index (χ1n) is 6.66. The Morgan fingerprint density at radius 1 is 1.60 bits per heavy atom. The molecule has 0 radical (unpaired) electrons. The highest BCUT2D eigenvalue weighted by Crippen LogP contribution is 2.21. The molecule has 0 bridgehead atoms. The monoisotopic (exact) mass is 315 g/mol. The van der Waals surface area contributed by atoms with Gasteiger partial charge in [-0.3, -0.25) is 4.79 Å². The number of hydrogen-bond acceptors (Lipinski definition) is 4. The molecule has 1 aromatic heterocycles. The van der Waals surface area contributed by atoms with Gasteiger partial charge in [0.05, 0.1) is 10.6 Å². The van der Waals surface area contributed by atoms with Crippen molar-refractivity contribution in [3.8, 4) is 0 Å². The zero-order chi connectivity index (χ0) is 15.1. The normalized spacial score (nSPS) is 12.1. The topological polar surface area (TPSA) is 45.2 Å². The van der Waals surface area contributed by atoms with E-state index < -0.39 is 0 Å². The molecule has 0 spiro atoms. The summed E-state index contributed by atoms with van der Waals surface area (Å²) in [5, 5.41) is 3.48. The van der Waals surface area contributed by atoms with E-state index in [2.05, 4.69) is 23.5 Å². The van der Waals surface area contributed by atoms with Crippen molar-refractivity contribution in [2.24, 2.45) is 0 Å². The molecule has 4 nitrogen and oxygen atoms in total. The Bertz CT molecular complexity index is 456. The molecule has 1 rings (SSSR count). The van der Waals surface area contributed by atoms with Gasteiger partial charge in [-0.2, -0.15) is 11.8 Å². The van der Waals surface area contributed by atoms with E-state index in [1.165, 1.54) is 6.20 Å². The summed E-state index contributed by atoms with van der Waals surface area (Å²) in [4.78, 5) is 18.4. The fourth-order valence-electron chi connectivity index (χ4n) is 1.75. The van der Waals surface area contributed by atoms with E-state index in [-0.39, 0.29) is 11.9 Å². The van der Waals surface area contributed by atoms with Crippen molar-refractivity contribution in [3.63, 3.8) is 0 Å². The van der Waals surface area contributed by atoms with Crippen LogP contribution in [0.25, 0.3) is 0 Å². The van der Waals surface area contributed by atoms with E-state index in [1.54, 1.807) is 22.7 Å². The van der Waals surface area contributed by atoms with Gasteiger partial charge in [0.1, 0.15) is 5.82 Å².